The summed E-state index contributed by atoms with van der Waals surface area (Å²) in [4.78, 5) is 31.3. The lowest BCUT2D eigenvalue weighted by Gasteiger charge is -2.57. The number of likely N-dealkylation sites (tertiary alicyclic amines) is 1. The maximum atomic E-state index is 13.9. The molecule has 274 valence electrons. The number of aliphatic hydroxyl groups excluding tert-OH is 1. The number of aryl methyl sites for hydroxylation is 1. The molecule has 1 aromatic heterocycles. The molecular weight excluding hydrogens is 675 g/mol. The molecule has 0 spiro atoms. The van der Waals surface area contributed by atoms with Crippen LogP contribution in [0, 0.1) is 6.92 Å². The average molecular weight is 720 g/mol. The van der Waals surface area contributed by atoms with Crippen molar-refractivity contribution in [2.24, 2.45) is 0 Å². The fourth-order valence-electron chi connectivity index (χ4n) is 8.86. The Bertz CT molecular complexity index is 2290. The van der Waals surface area contributed by atoms with Crippen LogP contribution in [0.4, 0.5) is 0 Å². The number of methoxy groups -OCH3 is 1. The van der Waals surface area contributed by atoms with Crippen LogP contribution in [-0.2, 0) is 21.5 Å². The molecule has 8 rings (SSSR count). The van der Waals surface area contributed by atoms with Gasteiger partial charge >= 0.3 is 5.69 Å². The number of fused-ring (bicyclic) bond motifs is 3. The summed E-state index contributed by atoms with van der Waals surface area (Å²) in [6.45, 7) is 5.74. The first-order valence-electron chi connectivity index (χ1n) is 18.5. The topological polar surface area (TPSA) is 96.8 Å². The first-order valence-corrected chi connectivity index (χ1v) is 18.5. The summed E-state index contributed by atoms with van der Waals surface area (Å²) in [7, 11) is 1.57. The summed E-state index contributed by atoms with van der Waals surface area (Å²) < 4.78 is 15.2. The highest BCUT2D eigenvalue weighted by Crippen LogP contribution is 2.51. The van der Waals surface area contributed by atoms with Crippen molar-refractivity contribution in [3.8, 4) is 11.1 Å². The summed E-state index contributed by atoms with van der Waals surface area (Å²) in [5, 5.41) is 12.4. The van der Waals surface area contributed by atoms with Gasteiger partial charge in [0, 0.05) is 24.4 Å². The third-order valence-electron chi connectivity index (χ3n) is 11.7. The monoisotopic (exact) mass is 719 g/mol. The van der Waals surface area contributed by atoms with E-state index in [9.17, 15) is 14.7 Å². The molecule has 54 heavy (non-hydrogen) atoms. The standard InChI is InChI=1S/C46H45N3O5/c1-30-28-48(44(52)47-43(30)51)40-39(37-26-16-25-36-35-24-15-14-17-31(35)27-38(36)37)49(45(2,3)42(50)41(40)53-4)29-54-46(32-18-8-5-9-19-32,33-20-10-6-11-21-33)34-22-12-7-13-23-34/h5-26,28,39-42,50H,27,29H2,1-4H3,(H,47,51,52)/t39-,40-,41-,42+/m1/s1. The molecule has 2 N–H and O–H groups in total. The molecule has 0 bridgehead atoms. The zero-order valence-corrected chi connectivity index (χ0v) is 31.0. The molecule has 2 heterocycles. The molecule has 4 atom stereocenters. The summed E-state index contributed by atoms with van der Waals surface area (Å²) >= 11 is 0. The molecule has 8 nitrogen and oxygen atoms in total. The van der Waals surface area contributed by atoms with Crippen LogP contribution in [0.2, 0.25) is 0 Å². The van der Waals surface area contributed by atoms with E-state index in [-0.39, 0.29) is 6.73 Å². The molecule has 5 aromatic carbocycles. The number of piperidine rings is 1. The lowest BCUT2D eigenvalue weighted by Crippen LogP contribution is -2.67. The second-order valence-electron chi connectivity index (χ2n) is 14.9. The maximum absolute atomic E-state index is 13.9. The van der Waals surface area contributed by atoms with Crippen LogP contribution in [0.15, 0.2) is 149 Å². The van der Waals surface area contributed by atoms with Gasteiger partial charge in [-0.3, -0.25) is 19.2 Å². The van der Waals surface area contributed by atoms with Crippen molar-refractivity contribution in [2.45, 2.75) is 62.6 Å². The van der Waals surface area contributed by atoms with Gasteiger partial charge in [0.05, 0.1) is 12.1 Å². The summed E-state index contributed by atoms with van der Waals surface area (Å²) in [5.74, 6) is 0. The smallest absolute Gasteiger partial charge is 0.328 e. The van der Waals surface area contributed by atoms with Crippen LogP contribution in [0.3, 0.4) is 0 Å². The average Bonchev–Trinajstić information content (AvgIpc) is 3.58. The molecule has 2 aliphatic rings. The number of aromatic amines is 1. The van der Waals surface area contributed by atoms with Gasteiger partial charge < -0.3 is 14.6 Å². The van der Waals surface area contributed by atoms with Gasteiger partial charge in [-0.15, -0.1) is 0 Å². The summed E-state index contributed by atoms with van der Waals surface area (Å²) in [5.41, 5.74) is 5.91. The molecule has 6 aromatic rings. The number of nitrogens with zero attached hydrogens (tertiary/aromatic N) is 2. The van der Waals surface area contributed by atoms with Crippen LogP contribution in [0.25, 0.3) is 11.1 Å². The highest BCUT2D eigenvalue weighted by molar-refractivity contribution is 5.78. The van der Waals surface area contributed by atoms with Gasteiger partial charge in [0.1, 0.15) is 24.5 Å². The molecule has 1 saturated heterocycles. The maximum Gasteiger partial charge on any atom is 0.328 e. The third-order valence-corrected chi connectivity index (χ3v) is 11.7. The van der Waals surface area contributed by atoms with Gasteiger partial charge in [0.15, 0.2) is 0 Å². The molecule has 0 saturated carbocycles. The molecule has 1 aliphatic heterocycles. The number of aliphatic hydroxyl groups is 1. The van der Waals surface area contributed by atoms with E-state index in [4.69, 9.17) is 9.47 Å². The van der Waals surface area contributed by atoms with Crippen molar-refractivity contribution in [2.75, 3.05) is 13.8 Å². The number of benzene rings is 5. The quantitative estimate of drug-likeness (QED) is 0.154. The Balaban J connectivity index is 1.37. The zero-order valence-electron chi connectivity index (χ0n) is 31.0. The summed E-state index contributed by atoms with van der Waals surface area (Å²) in [6, 6.07) is 44.1. The van der Waals surface area contributed by atoms with Crippen LogP contribution >= 0.6 is 0 Å². The van der Waals surface area contributed by atoms with E-state index in [1.54, 1.807) is 24.8 Å². The van der Waals surface area contributed by atoms with Crippen molar-refractivity contribution < 1.29 is 14.6 Å². The van der Waals surface area contributed by atoms with E-state index in [1.165, 1.54) is 11.1 Å². The van der Waals surface area contributed by atoms with Crippen molar-refractivity contribution >= 4 is 0 Å². The molecule has 1 aliphatic carbocycles. The third kappa shape index (κ3) is 5.77. The summed E-state index contributed by atoms with van der Waals surface area (Å²) in [6.07, 6.45) is 0.405. The Morgan fingerprint density at radius 3 is 1.93 bits per heavy atom. The Morgan fingerprint density at radius 1 is 0.778 bits per heavy atom. The molecule has 0 radical (unpaired) electrons. The number of nitrogens with one attached hydrogen (secondary N) is 1. The predicted molar refractivity (Wildman–Crippen MR) is 210 cm³/mol. The highest BCUT2D eigenvalue weighted by Gasteiger charge is 2.56. The number of aromatic nitrogens is 2. The van der Waals surface area contributed by atoms with E-state index >= 15 is 0 Å². The van der Waals surface area contributed by atoms with Crippen molar-refractivity contribution in [3.63, 3.8) is 0 Å². The number of rotatable bonds is 9. The normalized spacial score (nSPS) is 20.7. The van der Waals surface area contributed by atoms with E-state index in [1.807, 2.05) is 68.4 Å². The lowest BCUT2D eigenvalue weighted by molar-refractivity contribution is -0.209. The van der Waals surface area contributed by atoms with Gasteiger partial charge in [-0.2, -0.15) is 0 Å². The molecule has 0 amide bonds. The fourth-order valence-corrected chi connectivity index (χ4v) is 8.86. The Labute approximate surface area is 315 Å². The second kappa shape index (κ2) is 14.1. The van der Waals surface area contributed by atoms with Gasteiger partial charge in [-0.1, -0.05) is 133 Å². The lowest BCUT2D eigenvalue weighted by atomic mass is 9.75. The van der Waals surface area contributed by atoms with Gasteiger partial charge in [0.25, 0.3) is 5.56 Å². The largest absolute Gasteiger partial charge is 0.388 e. The van der Waals surface area contributed by atoms with Gasteiger partial charge in [-0.05, 0) is 71.7 Å². The molecule has 1 fully saturated rings. The van der Waals surface area contributed by atoms with E-state index in [0.717, 1.165) is 33.4 Å². The highest BCUT2D eigenvalue weighted by atomic mass is 16.5. The Kier molecular flexibility index (Phi) is 9.32. The van der Waals surface area contributed by atoms with E-state index < -0.39 is 46.7 Å². The first-order chi connectivity index (χ1) is 26.2. The van der Waals surface area contributed by atoms with Gasteiger partial charge in [0.2, 0.25) is 0 Å². The Morgan fingerprint density at radius 2 is 1.33 bits per heavy atom. The minimum absolute atomic E-state index is 0.0496. The van der Waals surface area contributed by atoms with Crippen molar-refractivity contribution in [1.82, 2.24) is 14.5 Å². The van der Waals surface area contributed by atoms with Crippen molar-refractivity contribution in [3.05, 3.63) is 199 Å². The van der Waals surface area contributed by atoms with Crippen LogP contribution in [-0.4, -0.2) is 51.1 Å². The predicted octanol–water partition coefficient (Wildman–Crippen LogP) is 7.13. The van der Waals surface area contributed by atoms with Crippen LogP contribution in [0.1, 0.15) is 64.9 Å². The number of ether oxygens (including phenoxy) is 2. The SMILES string of the molecule is CO[C@@H]1[C@H](n2cc(C)c(=O)[nH]c2=O)[C@@H](c2cccc3c2Cc2ccccc2-3)N(COC(c2ccccc2)(c2ccccc2)c2ccccc2)C(C)(C)[C@H]1O. The minimum Gasteiger partial charge on any atom is -0.388 e. The second-order valence-corrected chi connectivity index (χ2v) is 14.9. The van der Waals surface area contributed by atoms with Crippen molar-refractivity contribution in [1.29, 1.82) is 0 Å². The minimum atomic E-state index is -1.07. The van der Waals surface area contributed by atoms with Gasteiger partial charge in [-0.25, -0.2) is 4.79 Å². The van der Waals surface area contributed by atoms with Crippen LogP contribution in [0.5, 0.6) is 0 Å². The number of hydrogen-bond donors (Lipinski definition) is 2. The first kappa shape index (κ1) is 35.6. The molecule has 8 heteroatoms. The Hall–Kier alpha value is -5.38. The number of H-pyrrole nitrogens is 1. The number of hydrogen-bond acceptors (Lipinski definition) is 6. The molecular formula is C46H45N3O5. The van der Waals surface area contributed by atoms with E-state index in [2.05, 4.69) is 88.7 Å². The fraction of sp³-hybridized carbons (Fsp3) is 0.261. The van der Waals surface area contributed by atoms with E-state index in [0.29, 0.717) is 12.0 Å². The molecule has 0 unspecified atom stereocenters. The van der Waals surface area contributed by atoms with Crippen LogP contribution < -0.4 is 11.2 Å². The zero-order chi connectivity index (χ0) is 37.6.